The van der Waals surface area contributed by atoms with Crippen LogP contribution in [0.1, 0.15) is 13.3 Å². The van der Waals surface area contributed by atoms with Gasteiger partial charge in [-0.15, -0.1) is 0 Å². The van der Waals surface area contributed by atoms with Crippen LogP contribution in [0.25, 0.3) is 17.0 Å². The van der Waals surface area contributed by atoms with Crippen molar-refractivity contribution in [2.75, 3.05) is 17.3 Å². The van der Waals surface area contributed by atoms with Crippen LogP contribution in [0.4, 0.5) is 5.82 Å². The van der Waals surface area contributed by atoms with E-state index in [-0.39, 0.29) is 6.04 Å². The number of benzene rings is 1. The van der Waals surface area contributed by atoms with Gasteiger partial charge in [-0.1, -0.05) is 30.3 Å². The Morgan fingerprint density at radius 1 is 1.30 bits per heavy atom. The summed E-state index contributed by atoms with van der Waals surface area (Å²) in [7, 11) is -0.785. The van der Waals surface area contributed by atoms with Crippen molar-refractivity contribution in [1.82, 2.24) is 19.6 Å². The molecular formula is C16H19N5OS. The first kappa shape index (κ1) is 15.6. The molecule has 6 nitrogen and oxygen atoms in total. The maximum Gasteiger partial charge on any atom is 0.254 e. The molecule has 0 fully saturated rings. The second-order valence-electron chi connectivity index (χ2n) is 5.48. The molecule has 1 aromatic carbocycles. The molecule has 2 atom stereocenters. The second-order valence-corrected chi connectivity index (χ2v) is 7.03. The molecular weight excluding hydrogens is 310 g/mol. The summed E-state index contributed by atoms with van der Waals surface area (Å²) in [6.07, 6.45) is 4.04. The van der Waals surface area contributed by atoms with Gasteiger partial charge in [-0.05, 0) is 13.3 Å². The molecule has 2 aromatic heterocycles. The van der Waals surface area contributed by atoms with Crippen LogP contribution in [0.5, 0.6) is 0 Å². The summed E-state index contributed by atoms with van der Waals surface area (Å²) in [4.78, 5) is 8.75. The van der Waals surface area contributed by atoms with Crippen molar-refractivity contribution < 1.29 is 4.21 Å². The smallest absolute Gasteiger partial charge is 0.254 e. The Kier molecular flexibility index (Phi) is 4.66. The third-order valence-electron chi connectivity index (χ3n) is 3.55. The largest absolute Gasteiger partial charge is 0.367 e. The molecule has 0 unspecified atom stereocenters. The molecule has 23 heavy (non-hydrogen) atoms. The number of fused-ring (bicyclic) bond motifs is 1. The Morgan fingerprint density at radius 3 is 2.83 bits per heavy atom. The highest BCUT2D eigenvalue weighted by Crippen LogP contribution is 2.21. The van der Waals surface area contributed by atoms with Crippen molar-refractivity contribution in [3.63, 3.8) is 0 Å². The van der Waals surface area contributed by atoms with E-state index in [0.29, 0.717) is 11.5 Å². The van der Waals surface area contributed by atoms with Gasteiger partial charge in [0.2, 0.25) is 0 Å². The molecule has 0 saturated carbocycles. The highest BCUT2D eigenvalue weighted by molar-refractivity contribution is 7.84. The molecule has 0 saturated heterocycles. The van der Waals surface area contributed by atoms with Crippen LogP contribution in [0.15, 0.2) is 42.7 Å². The van der Waals surface area contributed by atoms with E-state index in [0.717, 1.165) is 23.5 Å². The molecule has 3 rings (SSSR count). The fourth-order valence-electron chi connectivity index (χ4n) is 2.34. The lowest BCUT2D eigenvalue weighted by Gasteiger charge is -2.16. The Morgan fingerprint density at radius 2 is 2.09 bits per heavy atom. The first-order chi connectivity index (χ1) is 11.1. The zero-order chi connectivity index (χ0) is 16.2. The zero-order valence-corrected chi connectivity index (χ0v) is 14.0. The van der Waals surface area contributed by atoms with Gasteiger partial charge in [0, 0.05) is 40.5 Å². The normalized spacial score (nSPS) is 13.8. The van der Waals surface area contributed by atoms with Crippen LogP contribution in [0, 0.1) is 0 Å². The Labute approximate surface area is 137 Å². The van der Waals surface area contributed by atoms with Crippen LogP contribution >= 0.6 is 0 Å². The summed E-state index contributed by atoms with van der Waals surface area (Å²) in [6, 6.07) is 12.1. The Bertz CT molecular complexity index is 818. The van der Waals surface area contributed by atoms with Gasteiger partial charge in [-0.2, -0.15) is 14.6 Å². The maximum atomic E-state index is 11.3. The van der Waals surface area contributed by atoms with E-state index in [2.05, 4.69) is 27.3 Å². The molecule has 7 heteroatoms. The minimum atomic E-state index is -0.785. The van der Waals surface area contributed by atoms with Gasteiger partial charge in [0.1, 0.15) is 12.1 Å². The molecule has 3 aromatic rings. The van der Waals surface area contributed by atoms with Crippen molar-refractivity contribution in [2.45, 2.75) is 19.4 Å². The van der Waals surface area contributed by atoms with Gasteiger partial charge in [-0.3, -0.25) is 4.21 Å². The highest BCUT2D eigenvalue weighted by atomic mass is 32.2. The van der Waals surface area contributed by atoms with E-state index in [1.54, 1.807) is 10.8 Å². The van der Waals surface area contributed by atoms with Crippen molar-refractivity contribution in [3.05, 3.63) is 42.7 Å². The fourth-order valence-corrected chi connectivity index (χ4v) is 3.02. The van der Waals surface area contributed by atoms with Gasteiger partial charge < -0.3 is 5.32 Å². The van der Waals surface area contributed by atoms with Crippen LogP contribution in [0.3, 0.4) is 0 Å². The molecule has 0 radical (unpaired) electrons. The SMILES string of the molecule is C[C@@H](CC[S@](C)=O)Nc1cc(-c2ccccc2)nc2ncnn12. The van der Waals surface area contributed by atoms with E-state index in [1.807, 2.05) is 36.4 Å². The predicted molar refractivity (Wildman–Crippen MR) is 92.9 cm³/mol. The lowest BCUT2D eigenvalue weighted by atomic mass is 10.1. The second kappa shape index (κ2) is 6.87. The number of rotatable bonds is 6. The lowest BCUT2D eigenvalue weighted by molar-refractivity contribution is 0.677. The quantitative estimate of drug-likeness (QED) is 0.751. The van der Waals surface area contributed by atoms with E-state index in [1.165, 1.54) is 6.33 Å². The molecule has 0 aliphatic heterocycles. The summed E-state index contributed by atoms with van der Waals surface area (Å²) in [6.45, 7) is 2.07. The van der Waals surface area contributed by atoms with Crippen LogP contribution in [0.2, 0.25) is 0 Å². The molecule has 0 amide bonds. The van der Waals surface area contributed by atoms with Gasteiger partial charge in [0.25, 0.3) is 5.78 Å². The van der Waals surface area contributed by atoms with E-state index in [4.69, 9.17) is 0 Å². The zero-order valence-electron chi connectivity index (χ0n) is 13.1. The van der Waals surface area contributed by atoms with Crippen molar-refractivity contribution in [3.8, 4) is 11.3 Å². The van der Waals surface area contributed by atoms with Crippen molar-refractivity contribution in [2.24, 2.45) is 0 Å². The average Bonchev–Trinajstić information content (AvgIpc) is 3.02. The van der Waals surface area contributed by atoms with Crippen LogP contribution in [-0.2, 0) is 10.8 Å². The fraction of sp³-hybridized carbons (Fsp3) is 0.312. The van der Waals surface area contributed by atoms with Crippen LogP contribution < -0.4 is 5.32 Å². The van der Waals surface area contributed by atoms with Gasteiger partial charge >= 0.3 is 0 Å². The minimum Gasteiger partial charge on any atom is -0.367 e. The first-order valence-corrected chi connectivity index (χ1v) is 9.19. The van der Waals surface area contributed by atoms with Crippen LogP contribution in [-0.4, -0.2) is 41.8 Å². The van der Waals surface area contributed by atoms with Gasteiger partial charge in [-0.25, -0.2) is 4.98 Å². The molecule has 1 N–H and O–H groups in total. The minimum absolute atomic E-state index is 0.178. The number of aromatic nitrogens is 4. The first-order valence-electron chi connectivity index (χ1n) is 7.46. The Hall–Kier alpha value is -2.28. The number of nitrogens with one attached hydrogen (secondary N) is 1. The lowest BCUT2D eigenvalue weighted by Crippen LogP contribution is -2.20. The van der Waals surface area contributed by atoms with Crippen molar-refractivity contribution >= 4 is 22.4 Å². The van der Waals surface area contributed by atoms with E-state index >= 15 is 0 Å². The summed E-state index contributed by atoms with van der Waals surface area (Å²) in [5.74, 6) is 2.06. The molecule has 0 aliphatic carbocycles. The third kappa shape index (κ3) is 3.73. The summed E-state index contributed by atoms with van der Waals surface area (Å²) >= 11 is 0. The Balaban J connectivity index is 1.92. The van der Waals surface area contributed by atoms with Gasteiger partial charge in [0.15, 0.2) is 0 Å². The summed E-state index contributed by atoms with van der Waals surface area (Å²) in [5.41, 5.74) is 1.88. The molecule has 120 valence electrons. The molecule has 2 heterocycles. The predicted octanol–water partition coefficient (Wildman–Crippen LogP) is 2.36. The summed E-state index contributed by atoms with van der Waals surface area (Å²) in [5, 5.41) is 7.64. The topological polar surface area (TPSA) is 72.2 Å². The maximum absolute atomic E-state index is 11.3. The van der Waals surface area contributed by atoms with Crippen molar-refractivity contribution in [1.29, 1.82) is 0 Å². The van der Waals surface area contributed by atoms with E-state index in [9.17, 15) is 4.21 Å². The summed E-state index contributed by atoms with van der Waals surface area (Å²) < 4.78 is 12.9. The third-order valence-corrected chi connectivity index (χ3v) is 4.36. The standard InChI is InChI=1S/C16H19N5OS/c1-12(8-9-23(2)22)19-15-10-14(13-6-4-3-5-7-13)20-16-17-11-18-21(15)16/h3-7,10-12,19H,8-9H2,1-2H3/t12-,23-/m0/s1. The molecule has 0 aliphatic rings. The monoisotopic (exact) mass is 329 g/mol. The number of anilines is 1. The highest BCUT2D eigenvalue weighted by Gasteiger charge is 2.11. The van der Waals surface area contributed by atoms with Gasteiger partial charge in [0.05, 0.1) is 5.69 Å². The molecule has 0 spiro atoms. The number of hydrogen-bond donors (Lipinski definition) is 1. The molecule has 0 bridgehead atoms. The number of nitrogens with zero attached hydrogens (tertiary/aromatic N) is 4. The number of hydrogen-bond acceptors (Lipinski definition) is 5. The average molecular weight is 329 g/mol. The van der Waals surface area contributed by atoms with E-state index < -0.39 is 10.8 Å².